The molecule has 0 saturated heterocycles. The normalized spacial score (nSPS) is 11.5. The molecule has 49 heavy (non-hydrogen) atoms. The SMILES string of the molecule is Cc1cccc(C)c1N(c1ccc(-c2ccccc2)cc1)c1ccc(-c2ccc(-n3c4ccccc4c4oc5ccccc5c43)cc2)cc1. The number of rotatable bonds is 6. The number of hydrogen-bond donors (Lipinski definition) is 0. The summed E-state index contributed by atoms with van der Waals surface area (Å²) in [5, 5.41) is 2.24. The van der Waals surface area contributed by atoms with Crippen LogP contribution in [0.2, 0.25) is 0 Å². The topological polar surface area (TPSA) is 21.3 Å². The lowest BCUT2D eigenvalue weighted by atomic mass is 10.0. The fourth-order valence-electron chi connectivity index (χ4n) is 7.29. The summed E-state index contributed by atoms with van der Waals surface area (Å²) in [6, 6.07) is 60.5. The summed E-state index contributed by atoms with van der Waals surface area (Å²) in [5.74, 6) is 0. The third-order valence-electron chi connectivity index (χ3n) is 9.66. The Balaban J connectivity index is 1.08. The summed E-state index contributed by atoms with van der Waals surface area (Å²) in [6.07, 6.45) is 0. The van der Waals surface area contributed by atoms with E-state index in [1.165, 1.54) is 39.1 Å². The van der Waals surface area contributed by atoms with Gasteiger partial charge in [-0.1, -0.05) is 109 Å². The van der Waals surface area contributed by atoms with Crippen molar-refractivity contribution in [2.45, 2.75) is 13.8 Å². The minimum Gasteiger partial charge on any atom is -0.454 e. The predicted octanol–water partition coefficient (Wildman–Crippen LogP) is 13.0. The largest absolute Gasteiger partial charge is 0.454 e. The van der Waals surface area contributed by atoms with Gasteiger partial charge in [0.1, 0.15) is 11.1 Å². The molecule has 0 aliphatic rings. The monoisotopic (exact) mass is 630 g/mol. The van der Waals surface area contributed by atoms with E-state index in [2.05, 4.69) is 181 Å². The average Bonchev–Trinajstić information content (AvgIpc) is 3.69. The first-order valence-corrected chi connectivity index (χ1v) is 16.8. The van der Waals surface area contributed by atoms with Crippen LogP contribution in [0.25, 0.3) is 60.9 Å². The van der Waals surface area contributed by atoms with Crippen molar-refractivity contribution in [1.29, 1.82) is 0 Å². The van der Waals surface area contributed by atoms with Gasteiger partial charge in [-0.2, -0.15) is 0 Å². The van der Waals surface area contributed by atoms with Crippen LogP contribution in [0.1, 0.15) is 11.1 Å². The number of para-hydroxylation sites is 3. The molecule has 0 fully saturated rings. The molecule has 7 aromatic carbocycles. The molecular weight excluding hydrogens is 597 g/mol. The van der Waals surface area contributed by atoms with E-state index >= 15 is 0 Å². The molecule has 2 heterocycles. The summed E-state index contributed by atoms with van der Waals surface area (Å²) in [6.45, 7) is 4.38. The Labute approximate surface area is 285 Å². The smallest absolute Gasteiger partial charge is 0.161 e. The molecule has 234 valence electrons. The van der Waals surface area contributed by atoms with Gasteiger partial charge in [0.2, 0.25) is 0 Å². The van der Waals surface area contributed by atoms with Crippen LogP contribution in [0.5, 0.6) is 0 Å². The van der Waals surface area contributed by atoms with Crippen LogP contribution in [0.4, 0.5) is 17.1 Å². The van der Waals surface area contributed by atoms with Crippen LogP contribution in [0.3, 0.4) is 0 Å². The summed E-state index contributed by atoms with van der Waals surface area (Å²) in [5.41, 5.74) is 15.9. The van der Waals surface area contributed by atoms with Crippen LogP contribution in [-0.4, -0.2) is 4.57 Å². The van der Waals surface area contributed by atoms with E-state index in [1.807, 2.05) is 12.1 Å². The molecule has 0 aliphatic carbocycles. The first kappa shape index (κ1) is 28.9. The number of aryl methyl sites for hydroxylation is 2. The van der Waals surface area contributed by atoms with Crippen molar-refractivity contribution in [3.05, 3.63) is 181 Å². The maximum Gasteiger partial charge on any atom is 0.161 e. The maximum absolute atomic E-state index is 6.37. The van der Waals surface area contributed by atoms with Gasteiger partial charge >= 0.3 is 0 Å². The zero-order chi connectivity index (χ0) is 32.9. The second kappa shape index (κ2) is 11.7. The summed E-state index contributed by atoms with van der Waals surface area (Å²) < 4.78 is 8.70. The highest BCUT2D eigenvalue weighted by molar-refractivity contribution is 6.16. The zero-order valence-corrected chi connectivity index (χ0v) is 27.5. The first-order valence-electron chi connectivity index (χ1n) is 16.8. The minimum atomic E-state index is 0.908. The Morgan fingerprint density at radius 3 is 1.59 bits per heavy atom. The quantitative estimate of drug-likeness (QED) is 0.182. The second-order valence-corrected chi connectivity index (χ2v) is 12.7. The summed E-state index contributed by atoms with van der Waals surface area (Å²) in [4.78, 5) is 2.38. The second-order valence-electron chi connectivity index (χ2n) is 12.7. The lowest BCUT2D eigenvalue weighted by molar-refractivity contribution is 0.673. The standard InChI is InChI=1S/C46H34N2O/c1-31-11-10-12-32(2)44(31)47(37-25-19-34(20-26-37)33-13-4-3-5-14-33)38-27-21-35(22-28-38)36-23-29-39(30-24-36)48-42-17-8-6-15-40(42)46-45(48)41-16-7-9-18-43(41)49-46/h3-30H,1-2H3. The number of fused-ring (bicyclic) bond motifs is 5. The molecule has 9 rings (SSSR count). The van der Waals surface area contributed by atoms with E-state index in [9.17, 15) is 0 Å². The van der Waals surface area contributed by atoms with Crippen molar-refractivity contribution < 1.29 is 4.42 Å². The van der Waals surface area contributed by atoms with E-state index in [-0.39, 0.29) is 0 Å². The number of nitrogens with zero attached hydrogens (tertiary/aromatic N) is 2. The number of aromatic nitrogens is 1. The molecule has 0 aliphatic heterocycles. The molecule has 0 bridgehead atoms. The van der Waals surface area contributed by atoms with Crippen LogP contribution in [-0.2, 0) is 0 Å². The van der Waals surface area contributed by atoms with Crippen molar-refractivity contribution in [3.8, 4) is 27.9 Å². The molecule has 3 heteroatoms. The van der Waals surface area contributed by atoms with Crippen molar-refractivity contribution in [2.24, 2.45) is 0 Å². The van der Waals surface area contributed by atoms with Gasteiger partial charge in [-0.3, -0.25) is 0 Å². The van der Waals surface area contributed by atoms with Crippen molar-refractivity contribution >= 4 is 50.0 Å². The molecule has 2 aromatic heterocycles. The number of furan rings is 1. The van der Waals surface area contributed by atoms with Gasteiger partial charge in [-0.25, -0.2) is 0 Å². The van der Waals surface area contributed by atoms with Crippen molar-refractivity contribution in [3.63, 3.8) is 0 Å². The number of anilines is 3. The highest BCUT2D eigenvalue weighted by atomic mass is 16.3. The van der Waals surface area contributed by atoms with Crippen LogP contribution >= 0.6 is 0 Å². The van der Waals surface area contributed by atoms with E-state index in [0.717, 1.165) is 50.0 Å². The van der Waals surface area contributed by atoms with Gasteiger partial charge in [0.05, 0.1) is 11.2 Å². The van der Waals surface area contributed by atoms with Crippen molar-refractivity contribution in [1.82, 2.24) is 4.57 Å². The molecule has 0 spiro atoms. The molecule has 0 radical (unpaired) electrons. The third kappa shape index (κ3) is 4.90. The van der Waals surface area contributed by atoms with Gasteiger partial charge in [-0.05, 0) is 108 Å². The van der Waals surface area contributed by atoms with Gasteiger partial charge in [-0.15, -0.1) is 0 Å². The van der Waals surface area contributed by atoms with Crippen LogP contribution < -0.4 is 4.90 Å². The Kier molecular flexibility index (Phi) is 6.91. The van der Waals surface area contributed by atoms with Gasteiger partial charge < -0.3 is 13.9 Å². The zero-order valence-electron chi connectivity index (χ0n) is 27.5. The van der Waals surface area contributed by atoms with Crippen molar-refractivity contribution in [2.75, 3.05) is 4.90 Å². The molecule has 0 atom stereocenters. The summed E-state index contributed by atoms with van der Waals surface area (Å²) >= 11 is 0. The van der Waals surface area contributed by atoms with Crippen LogP contribution in [0.15, 0.2) is 174 Å². The molecular formula is C46H34N2O. The van der Waals surface area contributed by atoms with Gasteiger partial charge in [0.15, 0.2) is 5.58 Å². The van der Waals surface area contributed by atoms with Gasteiger partial charge in [0.25, 0.3) is 0 Å². The third-order valence-corrected chi connectivity index (χ3v) is 9.66. The maximum atomic E-state index is 6.37. The average molecular weight is 631 g/mol. The molecule has 3 nitrogen and oxygen atoms in total. The van der Waals surface area contributed by atoms with E-state index in [0.29, 0.717) is 0 Å². The molecule has 0 N–H and O–H groups in total. The van der Waals surface area contributed by atoms with E-state index < -0.39 is 0 Å². The van der Waals surface area contributed by atoms with Gasteiger partial charge in [0, 0.05) is 27.8 Å². The molecule has 0 amide bonds. The summed E-state index contributed by atoms with van der Waals surface area (Å²) in [7, 11) is 0. The lowest BCUT2D eigenvalue weighted by Crippen LogP contribution is -2.12. The fourth-order valence-corrected chi connectivity index (χ4v) is 7.29. The molecule has 0 saturated carbocycles. The predicted molar refractivity (Wildman–Crippen MR) is 206 cm³/mol. The van der Waals surface area contributed by atoms with E-state index in [4.69, 9.17) is 4.42 Å². The molecule has 0 unspecified atom stereocenters. The Hall–Kier alpha value is -6.32. The first-order chi connectivity index (χ1) is 24.1. The van der Waals surface area contributed by atoms with E-state index in [1.54, 1.807) is 0 Å². The number of hydrogen-bond acceptors (Lipinski definition) is 2. The highest BCUT2D eigenvalue weighted by Crippen LogP contribution is 2.41. The van der Waals surface area contributed by atoms with Crippen LogP contribution in [0, 0.1) is 13.8 Å². The Morgan fingerprint density at radius 2 is 0.959 bits per heavy atom. The lowest BCUT2D eigenvalue weighted by Gasteiger charge is -2.29. The minimum absolute atomic E-state index is 0.908. The fraction of sp³-hybridized carbons (Fsp3) is 0.0435. The molecule has 9 aromatic rings. The highest BCUT2D eigenvalue weighted by Gasteiger charge is 2.20. The Morgan fingerprint density at radius 1 is 0.449 bits per heavy atom. The number of benzene rings is 7. The Bertz CT molecular complexity index is 2570.